The summed E-state index contributed by atoms with van der Waals surface area (Å²) in [6, 6.07) is 0. The third-order valence-electron chi connectivity index (χ3n) is 4.10. The smallest absolute Gasteiger partial charge is 0.389 e. The zero-order valence-electron chi connectivity index (χ0n) is 16.0. The van der Waals surface area contributed by atoms with E-state index < -0.39 is 24.4 Å². The highest BCUT2D eigenvalue weighted by Gasteiger charge is 2.29. The maximum atomic E-state index is 12.2. The van der Waals surface area contributed by atoms with Crippen LogP contribution in [0.4, 0.5) is 0 Å². The molecule has 28 heavy (non-hydrogen) atoms. The summed E-state index contributed by atoms with van der Waals surface area (Å²) in [5.74, 6) is -2.56. The molecule has 0 aromatic rings. The molecule has 0 atom stereocenters. The molecule has 2 bridgehead atoms. The second-order valence-corrected chi connectivity index (χ2v) is 6.86. The van der Waals surface area contributed by atoms with E-state index in [1.807, 2.05) is 0 Å². The van der Waals surface area contributed by atoms with E-state index >= 15 is 0 Å². The molecule has 2 rings (SSSR count). The molecule has 0 aromatic heterocycles. The number of carbonyl (C=O) groups excluding carboxylic acids is 5. The van der Waals surface area contributed by atoms with E-state index in [-0.39, 0.29) is 44.3 Å². The van der Waals surface area contributed by atoms with Gasteiger partial charge in [0.05, 0.1) is 32.7 Å². The molecule has 2 aliphatic rings. The van der Waals surface area contributed by atoms with Gasteiger partial charge in [0, 0.05) is 26.2 Å². The number of hydrogen-bond donors (Lipinski definition) is 0. The minimum absolute atomic E-state index is 0.0403. The van der Waals surface area contributed by atoms with Crippen LogP contribution >= 0.6 is 0 Å². The Morgan fingerprint density at radius 1 is 0.750 bits per heavy atom. The molecule has 0 aliphatic carbocycles. The van der Waals surface area contributed by atoms with Crippen molar-refractivity contribution < 1.29 is 38.2 Å². The number of Topliss-reactive ketones (excluding diaryl/α,β-unsaturated/α-hetero) is 2. The summed E-state index contributed by atoms with van der Waals surface area (Å²) in [7, 11) is 0. The van der Waals surface area contributed by atoms with Gasteiger partial charge in [-0.1, -0.05) is 0 Å². The Morgan fingerprint density at radius 3 is 1.54 bits per heavy atom. The normalized spacial score (nSPS) is 25.9. The minimum atomic E-state index is -1.82. The lowest BCUT2D eigenvalue weighted by Gasteiger charge is -2.27. The molecule has 2 saturated heterocycles. The topological polar surface area (TPSA) is 123 Å². The third-order valence-corrected chi connectivity index (χ3v) is 4.10. The molecule has 0 amide bonds. The Hall–Kier alpha value is -2.37. The van der Waals surface area contributed by atoms with Crippen molar-refractivity contribution in [2.45, 2.75) is 20.3 Å². The summed E-state index contributed by atoms with van der Waals surface area (Å²) in [5, 5.41) is 0. The van der Waals surface area contributed by atoms with Crippen LogP contribution in [0.5, 0.6) is 0 Å². The quantitative estimate of drug-likeness (QED) is 0.488. The van der Waals surface area contributed by atoms with Gasteiger partial charge in [0.2, 0.25) is 0 Å². The maximum absolute atomic E-state index is 12.2. The zero-order valence-corrected chi connectivity index (χ0v) is 16.0. The molecule has 0 unspecified atom stereocenters. The number of hydrogen-bond acceptors (Lipinski definition) is 11. The highest BCUT2D eigenvalue weighted by molar-refractivity contribution is 5.80. The molecule has 2 aliphatic heterocycles. The lowest BCUT2D eigenvalue weighted by atomic mass is 10.3. The van der Waals surface area contributed by atoms with E-state index in [0.29, 0.717) is 26.2 Å². The van der Waals surface area contributed by atoms with Gasteiger partial charge in [-0.25, -0.2) is 0 Å². The van der Waals surface area contributed by atoms with E-state index in [2.05, 4.69) is 0 Å². The average molecular weight is 399 g/mol. The van der Waals surface area contributed by atoms with Crippen LogP contribution in [0, 0.1) is 0 Å². The van der Waals surface area contributed by atoms with Crippen LogP contribution in [0.3, 0.4) is 0 Å². The van der Waals surface area contributed by atoms with Gasteiger partial charge in [0.15, 0.2) is 0 Å². The molecule has 2 fully saturated rings. The van der Waals surface area contributed by atoms with E-state index in [9.17, 15) is 24.0 Å². The molecule has 0 N–H and O–H groups in total. The lowest BCUT2D eigenvalue weighted by Crippen LogP contribution is -2.45. The fourth-order valence-corrected chi connectivity index (χ4v) is 2.95. The molecular formula is C17H25N3O8. The van der Waals surface area contributed by atoms with Gasteiger partial charge in [0.25, 0.3) is 0 Å². The van der Waals surface area contributed by atoms with Gasteiger partial charge < -0.3 is 14.2 Å². The molecule has 2 heterocycles. The standard InChI is InChI=1S/C17H25N3O8/c1-12(21)7-19-5-3-18-4-6-20(8-13(2)22)11-16(25)28-17(26-14(23)9-18)27-15(24)10-19/h17H,3-11H2,1-2H3. The first kappa shape index (κ1) is 21.9. The SMILES string of the molecule is CC(=O)CN1CCN2CCN(CC(C)=O)CC(=O)OC(OC(=O)C2)OC(=O)C1. The molecule has 11 nitrogen and oxygen atoms in total. The Balaban J connectivity index is 2.25. The minimum Gasteiger partial charge on any atom is -0.389 e. The van der Waals surface area contributed by atoms with Crippen molar-refractivity contribution in [3.8, 4) is 0 Å². The van der Waals surface area contributed by atoms with Gasteiger partial charge in [0.1, 0.15) is 11.6 Å². The lowest BCUT2D eigenvalue weighted by molar-refractivity contribution is -0.257. The maximum Gasteiger partial charge on any atom is 0.412 e. The summed E-state index contributed by atoms with van der Waals surface area (Å²) in [5.41, 5.74) is 0. The van der Waals surface area contributed by atoms with Crippen LogP contribution in [0.25, 0.3) is 0 Å². The van der Waals surface area contributed by atoms with Crippen LogP contribution in [0.2, 0.25) is 0 Å². The van der Waals surface area contributed by atoms with E-state index in [1.165, 1.54) is 13.8 Å². The van der Waals surface area contributed by atoms with E-state index in [4.69, 9.17) is 14.2 Å². The summed E-state index contributed by atoms with van der Waals surface area (Å²) in [6.07, 6.45) is 0. The number of esters is 3. The van der Waals surface area contributed by atoms with Crippen molar-refractivity contribution in [3.05, 3.63) is 0 Å². The number of fused-ring (bicyclic) bond motifs is 4. The van der Waals surface area contributed by atoms with Gasteiger partial charge in [-0.05, 0) is 13.8 Å². The predicted molar refractivity (Wildman–Crippen MR) is 92.7 cm³/mol. The summed E-state index contributed by atoms with van der Waals surface area (Å²) < 4.78 is 14.9. The van der Waals surface area contributed by atoms with Crippen molar-refractivity contribution >= 4 is 29.5 Å². The van der Waals surface area contributed by atoms with Gasteiger partial charge in [-0.2, -0.15) is 0 Å². The van der Waals surface area contributed by atoms with Crippen LogP contribution < -0.4 is 0 Å². The Morgan fingerprint density at radius 2 is 1.14 bits per heavy atom. The molecule has 0 radical (unpaired) electrons. The fraction of sp³-hybridized carbons (Fsp3) is 0.706. The molecule has 11 heteroatoms. The molecule has 156 valence electrons. The van der Waals surface area contributed by atoms with Gasteiger partial charge >= 0.3 is 24.4 Å². The molecule has 0 saturated carbocycles. The van der Waals surface area contributed by atoms with Crippen LogP contribution in [-0.4, -0.2) is 110 Å². The van der Waals surface area contributed by atoms with Crippen LogP contribution in [0.15, 0.2) is 0 Å². The number of ether oxygens (including phenoxy) is 3. The average Bonchev–Trinajstić information content (AvgIpc) is 2.57. The van der Waals surface area contributed by atoms with Crippen LogP contribution in [-0.2, 0) is 38.2 Å². The second-order valence-electron chi connectivity index (χ2n) is 6.86. The number of ketones is 2. The fourth-order valence-electron chi connectivity index (χ4n) is 2.95. The number of carbonyl (C=O) groups is 5. The molecule has 0 aromatic carbocycles. The van der Waals surface area contributed by atoms with Crippen molar-refractivity contribution in [3.63, 3.8) is 0 Å². The van der Waals surface area contributed by atoms with Gasteiger partial charge in [-0.15, -0.1) is 0 Å². The predicted octanol–water partition coefficient (Wildman–Crippen LogP) is -1.99. The monoisotopic (exact) mass is 399 g/mol. The number of nitrogens with zero attached hydrogens (tertiary/aromatic N) is 3. The summed E-state index contributed by atoms with van der Waals surface area (Å²) in [4.78, 5) is 64.3. The largest absolute Gasteiger partial charge is 0.412 e. The van der Waals surface area contributed by atoms with Crippen LogP contribution in [0.1, 0.15) is 13.8 Å². The van der Waals surface area contributed by atoms with Crippen molar-refractivity contribution in [2.75, 3.05) is 58.9 Å². The summed E-state index contributed by atoms with van der Waals surface area (Å²) >= 11 is 0. The number of rotatable bonds is 4. The second kappa shape index (κ2) is 10.2. The van der Waals surface area contributed by atoms with Gasteiger partial charge in [-0.3, -0.25) is 38.7 Å². The first-order valence-electron chi connectivity index (χ1n) is 8.95. The Bertz CT molecular complexity index is 594. The van der Waals surface area contributed by atoms with Crippen molar-refractivity contribution in [2.24, 2.45) is 0 Å². The first-order valence-corrected chi connectivity index (χ1v) is 8.95. The molecule has 0 spiro atoms. The highest BCUT2D eigenvalue weighted by Crippen LogP contribution is 2.08. The Kier molecular flexibility index (Phi) is 8.03. The zero-order chi connectivity index (χ0) is 20.7. The van der Waals surface area contributed by atoms with E-state index in [0.717, 1.165) is 0 Å². The van der Waals surface area contributed by atoms with Crippen molar-refractivity contribution in [1.82, 2.24) is 14.7 Å². The molecular weight excluding hydrogens is 374 g/mol. The Labute approximate surface area is 162 Å². The van der Waals surface area contributed by atoms with E-state index in [1.54, 1.807) is 14.7 Å². The highest BCUT2D eigenvalue weighted by atomic mass is 16.9. The summed E-state index contributed by atoms with van der Waals surface area (Å²) in [6.45, 7) is 1.98. The third kappa shape index (κ3) is 7.71. The first-order chi connectivity index (χ1) is 13.2. The van der Waals surface area contributed by atoms with Crippen molar-refractivity contribution in [1.29, 1.82) is 0 Å².